The largest absolute Gasteiger partial charge is 0.339 e. The summed E-state index contributed by atoms with van der Waals surface area (Å²) in [5.74, 6) is 0.0602. The maximum Gasteiger partial charge on any atom is 0.322 e. The van der Waals surface area contributed by atoms with E-state index in [4.69, 9.17) is 0 Å². The summed E-state index contributed by atoms with van der Waals surface area (Å²) in [7, 11) is 0. The van der Waals surface area contributed by atoms with E-state index < -0.39 is 6.04 Å². The third-order valence-corrected chi connectivity index (χ3v) is 6.81. The van der Waals surface area contributed by atoms with Gasteiger partial charge in [0.15, 0.2) is 0 Å². The summed E-state index contributed by atoms with van der Waals surface area (Å²) in [6, 6.07) is 8.77. The second-order valence-electron chi connectivity index (χ2n) is 8.69. The highest BCUT2D eigenvalue weighted by atomic mass is 16.2. The number of para-hydroxylation sites is 1. The molecule has 1 saturated carbocycles. The molecule has 1 aromatic carbocycles. The quantitative estimate of drug-likeness (QED) is 0.849. The van der Waals surface area contributed by atoms with E-state index in [1.54, 1.807) is 4.90 Å². The van der Waals surface area contributed by atoms with Gasteiger partial charge in [-0.2, -0.15) is 0 Å². The topological polar surface area (TPSA) is 55.9 Å². The van der Waals surface area contributed by atoms with Crippen LogP contribution in [0.3, 0.4) is 0 Å². The summed E-state index contributed by atoms with van der Waals surface area (Å²) in [5.41, 5.74) is 1.47. The maximum atomic E-state index is 12.8. The molecule has 6 heteroatoms. The number of rotatable bonds is 5. The van der Waals surface area contributed by atoms with Gasteiger partial charge in [0.25, 0.3) is 0 Å². The number of anilines is 1. The van der Waals surface area contributed by atoms with Crippen LogP contribution in [0.4, 0.5) is 10.5 Å². The molecule has 3 amide bonds. The van der Waals surface area contributed by atoms with Crippen LogP contribution in [0.1, 0.15) is 39.0 Å². The van der Waals surface area contributed by atoms with Crippen LogP contribution < -0.4 is 5.32 Å². The number of piperazine rings is 1. The highest BCUT2D eigenvalue weighted by Crippen LogP contribution is 2.53. The number of benzene rings is 1. The molecule has 1 aliphatic carbocycles. The predicted octanol–water partition coefficient (Wildman–Crippen LogP) is 3.02. The Balaban J connectivity index is 1.21. The van der Waals surface area contributed by atoms with E-state index in [1.807, 2.05) is 42.2 Å². The number of carbonyl (C=O) groups is 2. The second-order valence-corrected chi connectivity index (χ2v) is 8.69. The first kappa shape index (κ1) is 19.2. The lowest BCUT2D eigenvalue weighted by Crippen LogP contribution is -2.58. The van der Waals surface area contributed by atoms with Crippen molar-refractivity contribution in [3.8, 4) is 0 Å². The van der Waals surface area contributed by atoms with Gasteiger partial charge in [-0.3, -0.25) is 4.79 Å². The highest BCUT2D eigenvalue weighted by Gasteiger charge is 2.44. The molecule has 152 valence electrons. The standard InChI is InChI=1S/C22H32N4O2/c1-18-20(27)25(13-5-12-24-14-10-22(8-9-22)11-15-24)16-17-26(18)21(28)23-19-6-3-2-4-7-19/h2-4,6-7,18H,5,8-17H2,1H3,(H,23,28). The fraction of sp³-hybridized carbons (Fsp3) is 0.636. The van der Waals surface area contributed by atoms with Crippen molar-refractivity contribution in [3.05, 3.63) is 30.3 Å². The van der Waals surface area contributed by atoms with Crippen molar-refractivity contribution in [2.24, 2.45) is 5.41 Å². The highest BCUT2D eigenvalue weighted by molar-refractivity contribution is 5.94. The Hall–Kier alpha value is -2.08. The van der Waals surface area contributed by atoms with E-state index >= 15 is 0 Å². The van der Waals surface area contributed by atoms with Crippen LogP contribution in [0.25, 0.3) is 0 Å². The molecular weight excluding hydrogens is 352 g/mol. The van der Waals surface area contributed by atoms with Crippen molar-refractivity contribution in [3.63, 3.8) is 0 Å². The maximum absolute atomic E-state index is 12.8. The van der Waals surface area contributed by atoms with E-state index in [2.05, 4.69) is 10.2 Å². The summed E-state index contributed by atoms with van der Waals surface area (Å²) in [5, 5.41) is 2.88. The third-order valence-electron chi connectivity index (χ3n) is 6.81. The monoisotopic (exact) mass is 384 g/mol. The Labute approximate surface area is 167 Å². The van der Waals surface area contributed by atoms with Gasteiger partial charge in [-0.1, -0.05) is 18.2 Å². The van der Waals surface area contributed by atoms with Crippen molar-refractivity contribution in [2.75, 3.05) is 44.6 Å². The van der Waals surface area contributed by atoms with Crippen LogP contribution in [0.5, 0.6) is 0 Å². The molecule has 1 atom stereocenters. The first-order valence-electron chi connectivity index (χ1n) is 10.7. The molecule has 6 nitrogen and oxygen atoms in total. The molecule has 1 unspecified atom stereocenters. The number of carbonyl (C=O) groups excluding carboxylic acids is 2. The van der Waals surface area contributed by atoms with E-state index in [0.29, 0.717) is 13.1 Å². The van der Waals surface area contributed by atoms with Crippen molar-refractivity contribution < 1.29 is 9.59 Å². The number of likely N-dealkylation sites (tertiary alicyclic amines) is 1. The van der Waals surface area contributed by atoms with E-state index in [0.717, 1.165) is 30.6 Å². The third kappa shape index (κ3) is 4.32. The SMILES string of the molecule is CC1C(=O)N(CCCN2CCC3(CC2)CC3)CCN1C(=O)Nc1ccccc1. The van der Waals surface area contributed by atoms with Gasteiger partial charge in [-0.05, 0) is 76.2 Å². The average molecular weight is 385 g/mol. The van der Waals surface area contributed by atoms with Crippen LogP contribution in [0.15, 0.2) is 30.3 Å². The van der Waals surface area contributed by atoms with E-state index in [-0.39, 0.29) is 11.9 Å². The van der Waals surface area contributed by atoms with Gasteiger partial charge in [0.2, 0.25) is 5.91 Å². The van der Waals surface area contributed by atoms with Gasteiger partial charge in [0.1, 0.15) is 6.04 Å². The van der Waals surface area contributed by atoms with Gasteiger partial charge in [-0.25, -0.2) is 4.79 Å². The van der Waals surface area contributed by atoms with Crippen molar-refractivity contribution in [2.45, 2.75) is 45.1 Å². The molecule has 28 heavy (non-hydrogen) atoms. The smallest absolute Gasteiger partial charge is 0.322 e. The second kappa shape index (κ2) is 8.11. The van der Waals surface area contributed by atoms with Crippen LogP contribution >= 0.6 is 0 Å². The van der Waals surface area contributed by atoms with Crippen LogP contribution in [-0.4, -0.2) is 71.9 Å². The van der Waals surface area contributed by atoms with E-state index in [9.17, 15) is 9.59 Å². The van der Waals surface area contributed by atoms with Crippen molar-refractivity contribution >= 4 is 17.6 Å². The van der Waals surface area contributed by atoms with Crippen LogP contribution in [0, 0.1) is 5.41 Å². The molecule has 0 radical (unpaired) electrons. The number of piperidine rings is 1. The average Bonchev–Trinajstić information content (AvgIpc) is 3.46. The van der Waals surface area contributed by atoms with Crippen LogP contribution in [-0.2, 0) is 4.79 Å². The molecule has 4 rings (SSSR count). The van der Waals surface area contributed by atoms with Gasteiger partial charge in [0, 0.05) is 25.3 Å². The normalized spacial score (nSPS) is 24.5. The molecule has 3 fully saturated rings. The lowest BCUT2D eigenvalue weighted by Gasteiger charge is -2.39. The fourth-order valence-electron chi connectivity index (χ4n) is 4.56. The molecule has 1 spiro atoms. The Morgan fingerprint density at radius 2 is 1.75 bits per heavy atom. The van der Waals surface area contributed by atoms with Gasteiger partial charge < -0.3 is 20.0 Å². The zero-order chi connectivity index (χ0) is 19.6. The fourth-order valence-corrected chi connectivity index (χ4v) is 4.56. The van der Waals surface area contributed by atoms with E-state index in [1.165, 1.54) is 38.8 Å². The lowest BCUT2D eigenvalue weighted by molar-refractivity contribution is -0.139. The Bertz CT molecular complexity index is 694. The van der Waals surface area contributed by atoms with Crippen molar-refractivity contribution in [1.29, 1.82) is 0 Å². The number of urea groups is 1. The first-order chi connectivity index (χ1) is 13.6. The molecule has 1 aromatic rings. The van der Waals surface area contributed by atoms with Gasteiger partial charge >= 0.3 is 6.03 Å². The number of hydrogen-bond acceptors (Lipinski definition) is 3. The number of hydrogen-bond donors (Lipinski definition) is 1. The van der Waals surface area contributed by atoms with Crippen molar-refractivity contribution in [1.82, 2.24) is 14.7 Å². The summed E-state index contributed by atoms with van der Waals surface area (Å²) < 4.78 is 0. The first-order valence-corrected chi connectivity index (χ1v) is 10.7. The van der Waals surface area contributed by atoms with Gasteiger partial charge in [-0.15, -0.1) is 0 Å². The summed E-state index contributed by atoms with van der Waals surface area (Å²) in [6.45, 7) is 7.34. The van der Waals surface area contributed by atoms with Gasteiger partial charge in [0.05, 0.1) is 0 Å². The molecular formula is C22H32N4O2. The Kier molecular flexibility index (Phi) is 5.58. The molecule has 3 aliphatic rings. The molecule has 2 aliphatic heterocycles. The van der Waals surface area contributed by atoms with Crippen LogP contribution in [0.2, 0.25) is 0 Å². The summed E-state index contributed by atoms with van der Waals surface area (Å²) >= 11 is 0. The number of nitrogens with zero attached hydrogens (tertiary/aromatic N) is 3. The zero-order valence-corrected chi connectivity index (χ0v) is 16.9. The minimum Gasteiger partial charge on any atom is -0.339 e. The molecule has 1 N–H and O–H groups in total. The zero-order valence-electron chi connectivity index (χ0n) is 16.9. The number of nitrogens with one attached hydrogen (secondary N) is 1. The summed E-state index contributed by atoms with van der Waals surface area (Å²) in [4.78, 5) is 31.4. The minimum atomic E-state index is -0.415. The molecule has 2 saturated heterocycles. The summed E-state index contributed by atoms with van der Waals surface area (Å²) in [6.07, 6.45) is 6.61. The molecule has 0 aromatic heterocycles. The lowest BCUT2D eigenvalue weighted by atomic mass is 9.94. The number of amides is 3. The predicted molar refractivity (Wildman–Crippen MR) is 110 cm³/mol. The molecule has 0 bridgehead atoms. The Morgan fingerprint density at radius 3 is 2.43 bits per heavy atom. The molecule has 2 heterocycles. The Morgan fingerprint density at radius 1 is 1.04 bits per heavy atom. The minimum absolute atomic E-state index is 0.0602.